The first-order chi connectivity index (χ1) is 15.6. The van der Waals surface area contributed by atoms with Gasteiger partial charge in [-0.05, 0) is 36.4 Å². The van der Waals surface area contributed by atoms with Gasteiger partial charge in [0.05, 0.1) is 24.9 Å². The number of hydrogen-bond acceptors (Lipinski definition) is 5. The van der Waals surface area contributed by atoms with Crippen LogP contribution in [0.2, 0.25) is 0 Å². The van der Waals surface area contributed by atoms with Crippen molar-refractivity contribution in [2.75, 3.05) is 32.2 Å². The van der Waals surface area contributed by atoms with Gasteiger partial charge in [0.2, 0.25) is 0 Å². The zero-order chi connectivity index (χ0) is 22.8. The van der Waals surface area contributed by atoms with Gasteiger partial charge in [-0.15, -0.1) is 0 Å². The molecular weight excluding hydrogens is 415 g/mol. The molecule has 166 valence electrons. The third-order valence-electron chi connectivity index (χ3n) is 4.35. The van der Waals surface area contributed by atoms with Gasteiger partial charge in [-0.1, -0.05) is 36.4 Å². The average Bonchev–Trinajstić information content (AvgIpc) is 2.82. The van der Waals surface area contributed by atoms with Gasteiger partial charge in [-0.25, -0.2) is 4.39 Å². The summed E-state index contributed by atoms with van der Waals surface area (Å²) in [6.45, 7) is 0.106. The Morgan fingerprint density at radius 2 is 1.50 bits per heavy atom. The van der Waals surface area contributed by atoms with Crippen LogP contribution < -0.4 is 24.8 Å². The number of ether oxygens (including phenoxy) is 3. The Morgan fingerprint density at radius 3 is 2.25 bits per heavy atom. The summed E-state index contributed by atoms with van der Waals surface area (Å²) in [7, 11) is 1.55. The summed E-state index contributed by atoms with van der Waals surface area (Å²) in [4.78, 5) is 24.6. The molecule has 2 N–H and O–H groups in total. The van der Waals surface area contributed by atoms with E-state index in [9.17, 15) is 14.0 Å². The lowest BCUT2D eigenvalue weighted by atomic mass is 10.2. The van der Waals surface area contributed by atoms with Gasteiger partial charge < -0.3 is 24.8 Å². The highest BCUT2D eigenvalue weighted by molar-refractivity contribution is 5.97. The molecule has 0 fully saturated rings. The fraction of sp³-hybridized carbons (Fsp3) is 0.167. The van der Waals surface area contributed by atoms with Crippen LogP contribution in [0.3, 0.4) is 0 Å². The summed E-state index contributed by atoms with van der Waals surface area (Å²) >= 11 is 0. The molecule has 0 bridgehead atoms. The van der Waals surface area contributed by atoms with E-state index in [4.69, 9.17) is 14.2 Å². The highest BCUT2D eigenvalue weighted by Gasteiger charge is 2.14. The van der Waals surface area contributed by atoms with Crippen LogP contribution in [0.4, 0.5) is 10.1 Å². The number of benzene rings is 3. The van der Waals surface area contributed by atoms with Gasteiger partial charge in [-0.2, -0.15) is 0 Å². The zero-order valence-corrected chi connectivity index (χ0v) is 17.5. The molecule has 3 aromatic carbocycles. The monoisotopic (exact) mass is 438 g/mol. The third-order valence-corrected chi connectivity index (χ3v) is 4.35. The summed E-state index contributed by atoms with van der Waals surface area (Å²) in [6, 6.07) is 19.6. The van der Waals surface area contributed by atoms with Crippen molar-refractivity contribution in [2.45, 2.75) is 0 Å². The second-order valence-corrected chi connectivity index (χ2v) is 6.57. The molecule has 2 amide bonds. The minimum absolute atomic E-state index is 0.0576. The van der Waals surface area contributed by atoms with Crippen molar-refractivity contribution >= 4 is 17.5 Å². The molecule has 0 aromatic heterocycles. The van der Waals surface area contributed by atoms with E-state index in [2.05, 4.69) is 10.6 Å². The fourth-order valence-electron chi connectivity index (χ4n) is 2.83. The van der Waals surface area contributed by atoms with Crippen LogP contribution in [-0.4, -0.2) is 38.7 Å². The van der Waals surface area contributed by atoms with Crippen LogP contribution in [0.25, 0.3) is 0 Å². The molecule has 0 saturated carbocycles. The number of methoxy groups -OCH3 is 1. The Bertz CT molecular complexity index is 1070. The molecule has 3 aromatic rings. The molecule has 32 heavy (non-hydrogen) atoms. The highest BCUT2D eigenvalue weighted by Crippen LogP contribution is 2.25. The van der Waals surface area contributed by atoms with Crippen molar-refractivity contribution in [3.05, 3.63) is 84.2 Å². The largest absolute Gasteiger partial charge is 0.493 e. The maximum atomic E-state index is 13.7. The van der Waals surface area contributed by atoms with Crippen molar-refractivity contribution in [1.29, 1.82) is 0 Å². The fourth-order valence-corrected chi connectivity index (χ4v) is 2.83. The number of halogens is 1. The summed E-state index contributed by atoms with van der Waals surface area (Å²) in [5, 5.41) is 5.18. The van der Waals surface area contributed by atoms with Crippen LogP contribution in [0.5, 0.6) is 17.2 Å². The van der Waals surface area contributed by atoms with Gasteiger partial charge in [0.1, 0.15) is 18.2 Å². The van der Waals surface area contributed by atoms with E-state index in [1.165, 1.54) is 18.2 Å². The second kappa shape index (κ2) is 11.4. The molecule has 0 spiro atoms. The average molecular weight is 438 g/mol. The first kappa shape index (κ1) is 22.6. The maximum Gasteiger partial charge on any atom is 0.262 e. The van der Waals surface area contributed by atoms with Gasteiger partial charge in [-0.3, -0.25) is 9.59 Å². The molecule has 0 aliphatic carbocycles. The number of para-hydroxylation sites is 4. The Morgan fingerprint density at radius 1 is 0.844 bits per heavy atom. The van der Waals surface area contributed by atoms with Gasteiger partial charge in [0.15, 0.2) is 18.1 Å². The summed E-state index contributed by atoms with van der Waals surface area (Å²) in [6.07, 6.45) is 0. The van der Waals surface area contributed by atoms with Crippen LogP contribution in [-0.2, 0) is 4.79 Å². The predicted octanol–water partition coefficient (Wildman–Crippen LogP) is 3.66. The van der Waals surface area contributed by atoms with Crippen molar-refractivity contribution < 1.29 is 28.2 Å². The number of carbonyl (C=O) groups excluding carboxylic acids is 2. The standard InChI is InChI=1S/C24H23FN2O5/c1-30-21-12-6-7-13-22(21)31-15-14-26-24(29)17-8-2-5-11-20(17)32-16-23(28)27-19-10-4-3-9-18(19)25/h2-13H,14-16H2,1H3,(H,26,29)(H,27,28). The minimum Gasteiger partial charge on any atom is -0.493 e. The highest BCUT2D eigenvalue weighted by atomic mass is 19.1. The van der Waals surface area contributed by atoms with Crippen molar-refractivity contribution in [2.24, 2.45) is 0 Å². The lowest BCUT2D eigenvalue weighted by Crippen LogP contribution is -2.29. The number of nitrogens with one attached hydrogen (secondary N) is 2. The van der Waals surface area contributed by atoms with E-state index in [0.717, 1.165) is 0 Å². The molecule has 8 heteroatoms. The van der Waals surface area contributed by atoms with Crippen molar-refractivity contribution in [3.8, 4) is 17.2 Å². The van der Waals surface area contributed by atoms with Gasteiger partial charge in [0, 0.05) is 0 Å². The van der Waals surface area contributed by atoms with E-state index >= 15 is 0 Å². The molecule has 7 nitrogen and oxygen atoms in total. The van der Waals surface area contributed by atoms with Crippen LogP contribution in [0, 0.1) is 5.82 Å². The first-order valence-electron chi connectivity index (χ1n) is 9.88. The summed E-state index contributed by atoms with van der Waals surface area (Å²) < 4.78 is 30.0. The normalized spacial score (nSPS) is 10.2. The molecule has 0 radical (unpaired) electrons. The van der Waals surface area contributed by atoms with Gasteiger partial charge >= 0.3 is 0 Å². The Labute approximate surface area is 185 Å². The molecule has 0 atom stereocenters. The third kappa shape index (κ3) is 6.21. The Balaban J connectivity index is 1.51. The number of carbonyl (C=O) groups is 2. The number of hydrogen-bond donors (Lipinski definition) is 2. The Hall–Kier alpha value is -4.07. The smallest absolute Gasteiger partial charge is 0.262 e. The quantitative estimate of drug-likeness (QED) is 0.472. The minimum atomic E-state index is -0.546. The molecular formula is C24H23FN2O5. The van der Waals surface area contributed by atoms with Crippen LogP contribution in [0.15, 0.2) is 72.8 Å². The van der Waals surface area contributed by atoms with Gasteiger partial charge in [0.25, 0.3) is 11.8 Å². The molecule has 3 rings (SSSR count). The first-order valence-corrected chi connectivity index (χ1v) is 9.88. The maximum absolute atomic E-state index is 13.7. The number of amides is 2. The molecule has 0 saturated heterocycles. The number of rotatable bonds is 10. The Kier molecular flexibility index (Phi) is 8.02. The predicted molar refractivity (Wildman–Crippen MR) is 118 cm³/mol. The molecule has 0 aliphatic rings. The van der Waals surface area contributed by atoms with Crippen molar-refractivity contribution in [3.63, 3.8) is 0 Å². The SMILES string of the molecule is COc1ccccc1OCCNC(=O)c1ccccc1OCC(=O)Nc1ccccc1F. The van der Waals surface area contributed by atoms with Crippen LogP contribution in [0.1, 0.15) is 10.4 Å². The number of anilines is 1. The molecule has 0 aliphatic heterocycles. The van der Waals surface area contributed by atoms with E-state index in [1.54, 1.807) is 49.6 Å². The second-order valence-electron chi connectivity index (χ2n) is 6.57. The lowest BCUT2D eigenvalue weighted by molar-refractivity contribution is -0.118. The topological polar surface area (TPSA) is 85.9 Å². The molecule has 0 heterocycles. The zero-order valence-electron chi connectivity index (χ0n) is 17.5. The van der Waals surface area contributed by atoms with E-state index in [-0.39, 0.29) is 42.7 Å². The van der Waals surface area contributed by atoms with E-state index in [1.807, 2.05) is 12.1 Å². The van der Waals surface area contributed by atoms with E-state index < -0.39 is 11.7 Å². The van der Waals surface area contributed by atoms with E-state index in [0.29, 0.717) is 11.5 Å². The van der Waals surface area contributed by atoms with Crippen molar-refractivity contribution in [1.82, 2.24) is 5.32 Å². The van der Waals surface area contributed by atoms with Crippen LogP contribution >= 0.6 is 0 Å². The molecule has 0 unspecified atom stereocenters. The summed E-state index contributed by atoms with van der Waals surface area (Å²) in [5.41, 5.74) is 0.325. The lowest BCUT2D eigenvalue weighted by Gasteiger charge is -2.13. The summed E-state index contributed by atoms with van der Waals surface area (Å²) in [5.74, 6) is -0.0513.